The molecule has 2 heterocycles. The molecular formula is C32H32N4O7. The van der Waals surface area contributed by atoms with Crippen LogP contribution in [0.3, 0.4) is 0 Å². The highest BCUT2D eigenvalue weighted by Gasteiger charge is 2.30. The Hall–Kier alpha value is -5.00. The number of allylic oxidation sites excluding steroid dienone is 1. The third-order valence-corrected chi connectivity index (χ3v) is 7.22. The Kier molecular flexibility index (Phi) is 9.14. The molecule has 0 bridgehead atoms. The molecular weight excluding hydrogens is 552 g/mol. The molecule has 0 aliphatic carbocycles. The van der Waals surface area contributed by atoms with Crippen molar-refractivity contribution in [2.45, 2.75) is 38.8 Å². The van der Waals surface area contributed by atoms with E-state index in [0.717, 1.165) is 27.6 Å². The number of hydrogen-bond acceptors (Lipinski definition) is 8. The van der Waals surface area contributed by atoms with Crippen LogP contribution in [0.2, 0.25) is 0 Å². The number of hydrogen-bond donors (Lipinski definition) is 3. The Bertz CT molecular complexity index is 1640. The maximum atomic E-state index is 13.2. The van der Waals surface area contributed by atoms with Gasteiger partial charge in [-0.3, -0.25) is 24.3 Å². The van der Waals surface area contributed by atoms with Crippen molar-refractivity contribution in [3.05, 3.63) is 118 Å². The van der Waals surface area contributed by atoms with Crippen molar-refractivity contribution in [1.29, 1.82) is 0 Å². The molecule has 1 aliphatic heterocycles. The van der Waals surface area contributed by atoms with Crippen LogP contribution in [0.4, 0.5) is 11.4 Å². The molecule has 0 fully saturated rings. The van der Waals surface area contributed by atoms with Gasteiger partial charge in [0, 0.05) is 61.8 Å². The van der Waals surface area contributed by atoms with Crippen LogP contribution >= 0.6 is 0 Å². The Morgan fingerprint density at radius 3 is 2.47 bits per heavy atom. The minimum absolute atomic E-state index is 0.000151. The fourth-order valence-corrected chi connectivity index (χ4v) is 5.00. The number of ether oxygens (including phenoxy) is 2. The summed E-state index contributed by atoms with van der Waals surface area (Å²) < 4.78 is 13.7. The summed E-state index contributed by atoms with van der Waals surface area (Å²) in [5.41, 5.74) is 4.05. The van der Waals surface area contributed by atoms with E-state index in [2.05, 4.69) is 10.6 Å². The highest BCUT2D eigenvalue weighted by Crippen LogP contribution is 2.36. The predicted octanol–water partition coefficient (Wildman–Crippen LogP) is 4.86. The van der Waals surface area contributed by atoms with Gasteiger partial charge in [-0.05, 0) is 41.0 Å². The first-order valence-corrected chi connectivity index (χ1v) is 13.9. The molecule has 43 heavy (non-hydrogen) atoms. The van der Waals surface area contributed by atoms with Crippen molar-refractivity contribution in [2.24, 2.45) is 0 Å². The number of aliphatic hydroxyl groups is 1. The van der Waals surface area contributed by atoms with E-state index >= 15 is 0 Å². The lowest BCUT2D eigenvalue weighted by atomic mass is 9.92. The second kappa shape index (κ2) is 13.3. The number of rotatable bonds is 11. The zero-order valence-corrected chi connectivity index (χ0v) is 23.6. The molecule has 0 saturated carbocycles. The van der Waals surface area contributed by atoms with Crippen molar-refractivity contribution in [3.8, 4) is 0 Å². The second-order valence-electron chi connectivity index (χ2n) is 10.2. The number of aliphatic hydroxyl groups excluding tert-OH is 1. The smallest absolute Gasteiger partial charge is 0.286 e. The van der Waals surface area contributed by atoms with E-state index in [0.29, 0.717) is 18.7 Å². The second-order valence-corrected chi connectivity index (χ2v) is 10.2. The number of carbonyl (C=O) groups excluding carboxylic acids is 2. The van der Waals surface area contributed by atoms with Gasteiger partial charge in [0.1, 0.15) is 0 Å². The number of amides is 1. The molecule has 0 spiro atoms. The van der Waals surface area contributed by atoms with E-state index in [1.165, 1.54) is 19.1 Å². The van der Waals surface area contributed by atoms with Gasteiger partial charge in [-0.25, -0.2) is 0 Å². The van der Waals surface area contributed by atoms with Crippen molar-refractivity contribution in [3.63, 3.8) is 0 Å². The van der Waals surface area contributed by atoms with Gasteiger partial charge < -0.3 is 25.2 Å². The molecule has 1 aliphatic rings. The lowest BCUT2D eigenvalue weighted by Gasteiger charge is -2.29. The fourth-order valence-electron chi connectivity index (χ4n) is 5.00. The largest absolute Gasteiger partial charge is 0.459 e. The van der Waals surface area contributed by atoms with E-state index in [4.69, 9.17) is 9.47 Å². The van der Waals surface area contributed by atoms with Gasteiger partial charge in [0.25, 0.3) is 11.6 Å². The number of benzene rings is 3. The average Bonchev–Trinajstić information content (AvgIpc) is 3.42. The molecule has 11 heteroatoms. The lowest BCUT2D eigenvalue weighted by molar-refractivity contribution is -0.384. The minimum Gasteiger partial charge on any atom is -0.459 e. The molecule has 2 atom stereocenters. The molecule has 222 valence electrons. The molecule has 11 nitrogen and oxygen atoms in total. The van der Waals surface area contributed by atoms with Gasteiger partial charge in [-0.2, -0.15) is 0 Å². The maximum Gasteiger partial charge on any atom is 0.286 e. The molecule has 3 N–H and O–H groups in total. The maximum absolute atomic E-state index is 13.2. The summed E-state index contributed by atoms with van der Waals surface area (Å²) in [6.07, 6.45) is 3.28. The first-order valence-electron chi connectivity index (χ1n) is 13.9. The Balaban J connectivity index is 1.31. The zero-order chi connectivity index (χ0) is 30.3. The summed E-state index contributed by atoms with van der Waals surface area (Å²) in [4.78, 5) is 36.0. The van der Waals surface area contributed by atoms with Crippen molar-refractivity contribution >= 4 is 34.1 Å². The Morgan fingerprint density at radius 2 is 1.77 bits per heavy atom. The number of para-hydroxylation sites is 1. The Morgan fingerprint density at radius 1 is 1.05 bits per heavy atom. The highest BCUT2D eigenvalue weighted by molar-refractivity contribution is 5.95. The first-order chi connectivity index (χ1) is 20.8. The topological polar surface area (TPSA) is 145 Å². The molecule has 1 aromatic heterocycles. The third-order valence-electron chi connectivity index (χ3n) is 7.22. The number of nitrogens with zero attached hydrogens (tertiary/aromatic N) is 2. The minimum atomic E-state index is -0.731. The van der Waals surface area contributed by atoms with E-state index in [1.807, 2.05) is 54.7 Å². The summed E-state index contributed by atoms with van der Waals surface area (Å²) >= 11 is 0. The van der Waals surface area contributed by atoms with E-state index in [-0.39, 0.29) is 43.0 Å². The molecule has 0 unspecified atom stereocenters. The fraction of sp³-hybridized carbons (Fsp3) is 0.250. The third kappa shape index (κ3) is 7.08. The number of carbonyl (C=O) groups is 2. The van der Waals surface area contributed by atoms with Gasteiger partial charge >= 0.3 is 0 Å². The monoisotopic (exact) mass is 584 g/mol. The van der Waals surface area contributed by atoms with Crippen molar-refractivity contribution < 1.29 is 29.1 Å². The number of nitrogens with one attached hydrogen (secondary N) is 2. The van der Waals surface area contributed by atoms with Crippen molar-refractivity contribution in [2.75, 3.05) is 18.4 Å². The number of anilines is 1. The summed E-state index contributed by atoms with van der Waals surface area (Å²) in [5, 5.41) is 27.0. The molecule has 1 amide bonds. The number of nitro groups is 1. The van der Waals surface area contributed by atoms with Crippen LogP contribution in [-0.2, 0) is 27.5 Å². The quantitative estimate of drug-likeness (QED) is 0.129. The van der Waals surface area contributed by atoms with Crippen LogP contribution in [0.25, 0.3) is 10.9 Å². The summed E-state index contributed by atoms with van der Waals surface area (Å²) in [7, 11) is 0. The van der Waals surface area contributed by atoms with Crippen LogP contribution in [-0.4, -0.2) is 45.8 Å². The van der Waals surface area contributed by atoms with Gasteiger partial charge in [0.15, 0.2) is 5.76 Å². The van der Waals surface area contributed by atoms with E-state index < -0.39 is 17.1 Å². The van der Waals surface area contributed by atoms with Gasteiger partial charge in [-0.15, -0.1) is 0 Å². The Labute approximate surface area is 247 Å². The zero-order valence-electron chi connectivity index (χ0n) is 23.6. The van der Waals surface area contributed by atoms with Crippen LogP contribution in [0.15, 0.2) is 90.8 Å². The average molecular weight is 585 g/mol. The van der Waals surface area contributed by atoms with Crippen molar-refractivity contribution in [1.82, 2.24) is 9.88 Å². The van der Waals surface area contributed by atoms with E-state index in [9.17, 15) is 24.8 Å². The molecule has 0 radical (unpaired) electrons. The first kappa shape index (κ1) is 29.5. The summed E-state index contributed by atoms with van der Waals surface area (Å²) in [5.74, 6) is -0.672. The van der Waals surface area contributed by atoms with Crippen LogP contribution in [0.1, 0.15) is 40.7 Å². The number of aromatic nitrogens is 1. The van der Waals surface area contributed by atoms with Crippen LogP contribution in [0.5, 0.6) is 0 Å². The SMILES string of the molecule is CC(=O)n1cc([C@@H]2C=C(C(=O)NCCNc3ccc([N+](=O)[O-])cc3)O[C@H](OCc3ccc(CO)cc3)C2)c2ccccc21. The van der Waals surface area contributed by atoms with Crippen LogP contribution in [0, 0.1) is 10.1 Å². The number of non-ortho nitro benzene ring substituents is 1. The highest BCUT2D eigenvalue weighted by atomic mass is 16.7. The van der Waals surface area contributed by atoms with Gasteiger partial charge in [0.2, 0.25) is 12.2 Å². The summed E-state index contributed by atoms with van der Waals surface area (Å²) in [6, 6.07) is 21.0. The normalized spacial score (nSPS) is 16.3. The predicted molar refractivity (Wildman–Crippen MR) is 160 cm³/mol. The standard InChI is InChI=1S/C32H32N4O7/c1-21(38)35-18-28(27-4-2-3-5-29(27)35)24-16-30(43-31(17-24)42-20-23-8-6-22(19-37)7-9-23)32(39)34-15-14-33-25-10-12-26(13-11-25)36(40)41/h2-13,16,18,24,31,33,37H,14-15,17,19-20H2,1H3,(H,34,39)/t24-,31+/m1/s1. The molecule has 3 aromatic carbocycles. The molecule has 0 saturated heterocycles. The lowest BCUT2D eigenvalue weighted by Crippen LogP contribution is -2.35. The summed E-state index contributed by atoms with van der Waals surface area (Å²) in [6.45, 7) is 2.36. The number of fused-ring (bicyclic) bond motifs is 1. The van der Waals surface area contributed by atoms with Gasteiger partial charge in [0.05, 0.1) is 23.7 Å². The molecule has 4 aromatic rings. The van der Waals surface area contributed by atoms with Crippen LogP contribution < -0.4 is 10.6 Å². The van der Waals surface area contributed by atoms with E-state index in [1.54, 1.807) is 22.8 Å². The number of nitro benzene ring substituents is 1. The molecule has 5 rings (SSSR count). The van der Waals surface area contributed by atoms with Gasteiger partial charge in [-0.1, -0.05) is 42.5 Å².